The van der Waals surface area contributed by atoms with E-state index in [1.807, 2.05) is 26.0 Å². The first-order valence-electron chi connectivity index (χ1n) is 7.93. The third-order valence-electron chi connectivity index (χ3n) is 3.52. The van der Waals surface area contributed by atoms with E-state index >= 15 is 0 Å². The molecule has 5 nitrogen and oxygen atoms in total. The van der Waals surface area contributed by atoms with Crippen molar-refractivity contribution in [3.8, 4) is 0 Å². The molecule has 0 aliphatic carbocycles. The quantitative estimate of drug-likeness (QED) is 0.789. The van der Waals surface area contributed by atoms with Gasteiger partial charge in [-0.25, -0.2) is 18.1 Å². The molecule has 1 aliphatic heterocycles. The first-order chi connectivity index (χ1) is 10.4. The van der Waals surface area contributed by atoms with Crippen LogP contribution in [0.5, 0.6) is 0 Å². The van der Waals surface area contributed by atoms with Gasteiger partial charge in [-0.2, -0.15) is 0 Å². The monoisotopic (exact) mass is 323 g/mol. The molecule has 0 radical (unpaired) electrons. The van der Waals surface area contributed by atoms with Gasteiger partial charge in [-0.15, -0.1) is 0 Å². The Balaban J connectivity index is 2.20. The van der Waals surface area contributed by atoms with E-state index in [4.69, 9.17) is 0 Å². The number of aryl methyl sites for hydroxylation is 1. The minimum atomic E-state index is -3.53. The molecular formula is C16H25N3O2S. The third kappa shape index (κ3) is 4.22. The number of fused-ring (bicyclic) bond motifs is 1. The van der Waals surface area contributed by atoms with Gasteiger partial charge in [0.15, 0.2) is 0 Å². The smallest absolute Gasteiger partial charge is 0.266 e. The van der Waals surface area contributed by atoms with Gasteiger partial charge < -0.3 is 5.32 Å². The van der Waals surface area contributed by atoms with Gasteiger partial charge >= 0.3 is 0 Å². The second kappa shape index (κ2) is 7.13. The molecule has 6 heteroatoms. The Morgan fingerprint density at radius 3 is 2.64 bits per heavy atom. The highest BCUT2D eigenvalue weighted by Crippen LogP contribution is 2.26. The predicted octanol–water partition coefficient (Wildman–Crippen LogP) is 3.28. The Morgan fingerprint density at radius 1 is 1.18 bits per heavy atom. The molecule has 0 spiro atoms. The van der Waals surface area contributed by atoms with Gasteiger partial charge in [0.1, 0.15) is 4.90 Å². The van der Waals surface area contributed by atoms with Gasteiger partial charge in [-0.05, 0) is 44.4 Å². The molecule has 0 saturated carbocycles. The molecule has 122 valence electrons. The number of hydrogen-bond acceptors (Lipinski definition) is 3. The van der Waals surface area contributed by atoms with Gasteiger partial charge in [0, 0.05) is 6.04 Å². The van der Waals surface area contributed by atoms with E-state index in [1.54, 1.807) is 6.07 Å². The second-order valence-electron chi connectivity index (χ2n) is 5.94. The van der Waals surface area contributed by atoms with Crippen LogP contribution in [0, 0.1) is 0 Å². The number of guanidine groups is 1. The maximum absolute atomic E-state index is 12.2. The molecule has 1 aliphatic rings. The SMILES string of the molecule is CCCCCCc1ccc2c(c1)NC(=NC(C)C)NS2(=O)=O. The molecule has 0 saturated heterocycles. The molecule has 1 aromatic rings. The summed E-state index contributed by atoms with van der Waals surface area (Å²) in [6.45, 7) is 6.00. The summed E-state index contributed by atoms with van der Waals surface area (Å²) in [5.41, 5.74) is 1.77. The van der Waals surface area contributed by atoms with E-state index < -0.39 is 10.0 Å². The number of benzene rings is 1. The molecule has 0 bridgehead atoms. The number of hydrogen-bond donors (Lipinski definition) is 2. The first kappa shape index (κ1) is 16.8. The number of nitrogens with zero attached hydrogens (tertiary/aromatic N) is 1. The Labute approximate surface area is 133 Å². The normalized spacial score (nSPS) is 17.9. The van der Waals surface area contributed by atoms with Crippen molar-refractivity contribution in [2.75, 3.05) is 5.32 Å². The standard InChI is InChI=1S/C16H25N3O2S/c1-4-5-6-7-8-13-9-10-15-14(11-13)18-16(17-12(2)3)19-22(15,20)21/h9-12H,4-8H2,1-3H3,(H2,17,18,19). The zero-order valence-corrected chi connectivity index (χ0v) is 14.3. The van der Waals surface area contributed by atoms with Crippen molar-refractivity contribution in [1.82, 2.24) is 4.72 Å². The number of anilines is 1. The number of sulfonamides is 1. The minimum Gasteiger partial charge on any atom is -0.324 e. The summed E-state index contributed by atoms with van der Waals surface area (Å²) < 4.78 is 27.0. The van der Waals surface area contributed by atoms with Crippen LogP contribution >= 0.6 is 0 Å². The highest BCUT2D eigenvalue weighted by Gasteiger charge is 2.26. The topological polar surface area (TPSA) is 70.6 Å². The Hall–Kier alpha value is -1.56. The molecular weight excluding hydrogens is 298 g/mol. The zero-order chi connectivity index (χ0) is 16.2. The van der Waals surface area contributed by atoms with E-state index in [0.717, 1.165) is 18.4 Å². The van der Waals surface area contributed by atoms with Crippen molar-refractivity contribution in [2.24, 2.45) is 4.99 Å². The maximum atomic E-state index is 12.2. The van der Waals surface area contributed by atoms with Gasteiger partial charge in [-0.3, -0.25) is 0 Å². The first-order valence-corrected chi connectivity index (χ1v) is 9.41. The van der Waals surface area contributed by atoms with Crippen LogP contribution in [-0.4, -0.2) is 20.4 Å². The summed E-state index contributed by atoms with van der Waals surface area (Å²) in [5, 5.41) is 3.09. The van der Waals surface area contributed by atoms with Crippen LogP contribution in [0.15, 0.2) is 28.1 Å². The molecule has 1 aromatic carbocycles. The van der Waals surface area contributed by atoms with Crippen LogP contribution in [0.1, 0.15) is 52.0 Å². The predicted molar refractivity (Wildman–Crippen MR) is 90.8 cm³/mol. The van der Waals surface area contributed by atoms with Crippen LogP contribution in [0.3, 0.4) is 0 Å². The van der Waals surface area contributed by atoms with Crippen molar-refractivity contribution in [2.45, 2.75) is 63.8 Å². The van der Waals surface area contributed by atoms with E-state index in [2.05, 4.69) is 22.0 Å². The van der Waals surface area contributed by atoms with Crippen molar-refractivity contribution in [3.05, 3.63) is 23.8 Å². The lowest BCUT2D eigenvalue weighted by molar-refractivity contribution is 0.591. The molecule has 22 heavy (non-hydrogen) atoms. The molecule has 1 heterocycles. The summed E-state index contributed by atoms with van der Waals surface area (Å²) in [6.07, 6.45) is 5.77. The molecule has 0 atom stereocenters. The zero-order valence-electron chi connectivity index (χ0n) is 13.5. The highest BCUT2D eigenvalue weighted by molar-refractivity contribution is 7.90. The van der Waals surface area contributed by atoms with Gasteiger partial charge in [0.25, 0.3) is 10.0 Å². The fraction of sp³-hybridized carbons (Fsp3) is 0.562. The van der Waals surface area contributed by atoms with Crippen LogP contribution in [0.25, 0.3) is 0 Å². The molecule has 2 rings (SSSR count). The molecule has 0 amide bonds. The van der Waals surface area contributed by atoms with Crippen molar-refractivity contribution >= 4 is 21.7 Å². The second-order valence-corrected chi connectivity index (χ2v) is 7.59. The van der Waals surface area contributed by atoms with Crippen LogP contribution < -0.4 is 10.0 Å². The Morgan fingerprint density at radius 2 is 1.95 bits per heavy atom. The van der Waals surface area contributed by atoms with Gasteiger partial charge in [0.05, 0.1) is 5.69 Å². The summed E-state index contributed by atoms with van der Waals surface area (Å²) in [6, 6.07) is 5.52. The Bertz CT molecular complexity index is 651. The lowest BCUT2D eigenvalue weighted by atomic mass is 10.1. The molecule has 0 aromatic heterocycles. The minimum absolute atomic E-state index is 0.0176. The average Bonchev–Trinajstić information content (AvgIpc) is 2.41. The summed E-state index contributed by atoms with van der Waals surface area (Å²) in [5.74, 6) is 0.297. The van der Waals surface area contributed by atoms with Crippen LogP contribution in [0.4, 0.5) is 5.69 Å². The molecule has 0 fully saturated rings. The fourth-order valence-corrected chi connectivity index (χ4v) is 3.59. The van der Waals surface area contributed by atoms with Gasteiger partial charge in [-0.1, -0.05) is 32.3 Å². The molecule has 0 unspecified atom stereocenters. The van der Waals surface area contributed by atoms with Crippen molar-refractivity contribution in [3.63, 3.8) is 0 Å². The molecule has 2 N–H and O–H groups in total. The van der Waals surface area contributed by atoms with E-state index in [0.29, 0.717) is 11.6 Å². The summed E-state index contributed by atoms with van der Waals surface area (Å²) in [7, 11) is -3.53. The average molecular weight is 323 g/mol. The van der Waals surface area contributed by atoms with E-state index in [9.17, 15) is 8.42 Å². The largest absolute Gasteiger partial charge is 0.324 e. The van der Waals surface area contributed by atoms with E-state index in [-0.39, 0.29) is 10.9 Å². The lowest BCUT2D eigenvalue weighted by Gasteiger charge is -2.22. The van der Waals surface area contributed by atoms with Gasteiger partial charge in [0.2, 0.25) is 5.96 Å². The highest BCUT2D eigenvalue weighted by atomic mass is 32.2. The number of rotatable bonds is 6. The summed E-state index contributed by atoms with van der Waals surface area (Å²) in [4.78, 5) is 4.55. The lowest BCUT2D eigenvalue weighted by Crippen LogP contribution is -2.41. The third-order valence-corrected chi connectivity index (χ3v) is 4.92. The Kier molecular flexibility index (Phi) is 5.45. The van der Waals surface area contributed by atoms with Crippen LogP contribution in [0.2, 0.25) is 0 Å². The summed E-state index contributed by atoms with van der Waals surface area (Å²) >= 11 is 0. The fourth-order valence-electron chi connectivity index (χ4n) is 2.47. The maximum Gasteiger partial charge on any atom is 0.266 e. The van der Waals surface area contributed by atoms with Crippen LogP contribution in [-0.2, 0) is 16.4 Å². The van der Waals surface area contributed by atoms with E-state index in [1.165, 1.54) is 19.3 Å². The van der Waals surface area contributed by atoms with Crippen molar-refractivity contribution < 1.29 is 8.42 Å². The number of nitrogens with one attached hydrogen (secondary N) is 2. The number of unbranched alkanes of at least 4 members (excludes halogenated alkanes) is 3. The number of aliphatic imine (C=N–C) groups is 1. The van der Waals surface area contributed by atoms with Crippen molar-refractivity contribution in [1.29, 1.82) is 0 Å².